The quantitative estimate of drug-likeness (QED) is 0.109. The van der Waals surface area contributed by atoms with Gasteiger partial charge in [0.15, 0.2) is 0 Å². The van der Waals surface area contributed by atoms with Crippen LogP contribution in [0, 0.1) is 0 Å². The molecule has 0 spiro atoms. The van der Waals surface area contributed by atoms with Gasteiger partial charge in [-0.25, -0.2) is 0 Å². The van der Waals surface area contributed by atoms with Gasteiger partial charge in [0.2, 0.25) is 0 Å². The Kier molecular flexibility index (Phi) is 11.9. The molecule has 0 aliphatic rings. The first-order chi connectivity index (χ1) is 20.0. The maximum atomic E-state index is 5.86. The third-order valence-corrected chi connectivity index (χ3v) is 8.25. The van der Waals surface area contributed by atoms with Gasteiger partial charge in [0.1, 0.15) is 0 Å². The highest BCUT2D eigenvalue weighted by Crippen LogP contribution is 2.22. The van der Waals surface area contributed by atoms with E-state index in [0.29, 0.717) is 0 Å². The minimum atomic E-state index is 0.831. The van der Waals surface area contributed by atoms with Crippen molar-refractivity contribution in [1.29, 1.82) is 0 Å². The van der Waals surface area contributed by atoms with Crippen molar-refractivity contribution in [2.75, 3.05) is 11.5 Å². The molecule has 0 aliphatic carbocycles. The molecule has 0 saturated carbocycles. The van der Waals surface area contributed by atoms with E-state index < -0.39 is 0 Å². The van der Waals surface area contributed by atoms with E-state index in [1.54, 1.807) is 22.3 Å². The lowest BCUT2D eigenvalue weighted by Gasteiger charge is -2.13. The summed E-state index contributed by atoms with van der Waals surface area (Å²) in [4.78, 5) is 0. The van der Waals surface area contributed by atoms with Gasteiger partial charge in [-0.3, -0.25) is 0 Å². The van der Waals surface area contributed by atoms with Crippen LogP contribution in [-0.4, -0.2) is 0 Å². The van der Waals surface area contributed by atoms with Crippen molar-refractivity contribution in [1.82, 2.24) is 0 Å². The number of nitrogen functional groups attached to an aromatic ring is 2. The van der Waals surface area contributed by atoms with E-state index in [-0.39, 0.29) is 0 Å². The van der Waals surface area contributed by atoms with E-state index in [4.69, 9.17) is 11.5 Å². The number of hydrogen-bond donors (Lipinski definition) is 2. The van der Waals surface area contributed by atoms with Crippen LogP contribution in [0.25, 0.3) is 0 Å². The standard InChI is InChI=1S/C39H50N2/c1-3-10-36-28-32(26-30-16-22-38(40)23-17-30)14-20-34(36)12-8-6-5-7-9-13-35-21-15-33(29-37(35)11-4-2)27-31-18-24-39(41)25-19-31/h14-25,28-29H,3-13,26-27,40-41H2,1-2H3. The zero-order valence-electron chi connectivity index (χ0n) is 25.4. The maximum Gasteiger partial charge on any atom is 0.0314 e. The Morgan fingerprint density at radius 1 is 0.390 bits per heavy atom. The topological polar surface area (TPSA) is 52.0 Å². The van der Waals surface area contributed by atoms with Gasteiger partial charge in [0.05, 0.1) is 0 Å². The number of aryl methyl sites for hydroxylation is 4. The molecule has 216 valence electrons. The van der Waals surface area contributed by atoms with E-state index in [9.17, 15) is 0 Å². The smallest absolute Gasteiger partial charge is 0.0314 e. The van der Waals surface area contributed by atoms with E-state index in [0.717, 1.165) is 24.2 Å². The van der Waals surface area contributed by atoms with Crippen LogP contribution in [0.3, 0.4) is 0 Å². The van der Waals surface area contributed by atoms with Crippen LogP contribution in [0.4, 0.5) is 11.4 Å². The van der Waals surface area contributed by atoms with Gasteiger partial charge in [0, 0.05) is 11.4 Å². The molecule has 4 aromatic rings. The molecule has 0 heterocycles. The predicted octanol–water partition coefficient (Wildman–Crippen LogP) is 9.67. The normalized spacial score (nSPS) is 11.2. The van der Waals surface area contributed by atoms with E-state index in [1.165, 1.54) is 92.9 Å². The Labute approximate surface area is 249 Å². The summed E-state index contributed by atoms with van der Waals surface area (Å²) in [6.45, 7) is 4.57. The van der Waals surface area contributed by atoms with Crippen molar-refractivity contribution < 1.29 is 0 Å². The second kappa shape index (κ2) is 16.1. The Bertz CT molecular complexity index is 1230. The van der Waals surface area contributed by atoms with Crippen LogP contribution in [0.15, 0.2) is 84.9 Å². The molecule has 0 fully saturated rings. The Balaban J connectivity index is 1.21. The lowest BCUT2D eigenvalue weighted by Crippen LogP contribution is -1.99. The molecule has 0 amide bonds. The average molecular weight is 547 g/mol. The van der Waals surface area contributed by atoms with Crippen LogP contribution in [0.1, 0.15) is 103 Å². The summed E-state index contributed by atoms with van der Waals surface area (Å²) < 4.78 is 0. The van der Waals surface area contributed by atoms with Crippen molar-refractivity contribution in [3.05, 3.63) is 129 Å². The summed E-state index contributed by atoms with van der Waals surface area (Å²) >= 11 is 0. The lowest BCUT2D eigenvalue weighted by atomic mass is 9.93. The van der Waals surface area contributed by atoms with Crippen LogP contribution in [0.2, 0.25) is 0 Å². The molecule has 4 aromatic carbocycles. The fourth-order valence-electron chi connectivity index (χ4n) is 5.97. The third kappa shape index (κ3) is 9.81. The summed E-state index contributed by atoms with van der Waals surface area (Å²) in [5.74, 6) is 0. The molecule has 0 radical (unpaired) electrons. The third-order valence-electron chi connectivity index (χ3n) is 8.25. The summed E-state index contributed by atoms with van der Waals surface area (Å²) in [7, 11) is 0. The molecule has 0 bridgehead atoms. The molecule has 2 nitrogen and oxygen atoms in total. The number of nitrogens with two attached hydrogens (primary N) is 2. The number of benzene rings is 4. The Morgan fingerprint density at radius 2 is 0.756 bits per heavy atom. The van der Waals surface area contributed by atoms with Gasteiger partial charge >= 0.3 is 0 Å². The van der Waals surface area contributed by atoms with Crippen molar-refractivity contribution in [3.63, 3.8) is 0 Å². The SMILES string of the molecule is CCCc1cc(Cc2ccc(N)cc2)ccc1CCCCCCCc1ccc(Cc2ccc(N)cc2)cc1CCC. The molecule has 2 heteroatoms. The van der Waals surface area contributed by atoms with E-state index in [1.807, 2.05) is 24.3 Å². The monoisotopic (exact) mass is 546 g/mol. The van der Waals surface area contributed by atoms with Gasteiger partial charge in [-0.1, -0.05) is 107 Å². The molecule has 4 rings (SSSR count). The van der Waals surface area contributed by atoms with Gasteiger partial charge in [0.25, 0.3) is 0 Å². The molecule has 0 saturated heterocycles. The van der Waals surface area contributed by atoms with Crippen molar-refractivity contribution in [2.24, 2.45) is 0 Å². The number of anilines is 2. The summed E-state index contributed by atoms with van der Waals surface area (Å²) in [6, 6.07) is 30.9. The summed E-state index contributed by atoms with van der Waals surface area (Å²) in [5, 5.41) is 0. The number of unbranched alkanes of at least 4 members (excludes halogenated alkanes) is 4. The lowest BCUT2D eigenvalue weighted by molar-refractivity contribution is 0.611. The summed E-state index contributed by atoms with van der Waals surface area (Å²) in [6.07, 6.45) is 15.6. The average Bonchev–Trinajstić information content (AvgIpc) is 2.97. The van der Waals surface area contributed by atoms with Crippen LogP contribution < -0.4 is 11.5 Å². The first-order valence-electron chi connectivity index (χ1n) is 15.9. The van der Waals surface area contributed by atoms with Gasteiger partial charge in [-0.15, -0.1) is 0 Å². The molecule has 0 aliphatic heterocycles. The molecular formula is C39H50N2. The van der Waals surface area contributed by atoms with Crippen molar-refractivity contribution in [2.45, 2.75) is 97.3 Å². The number of rotatable bonds is 16. The van der Waals surface area contributed by atoms with E-state index in [2.05, 4.69) is 74.5 Å². The Hall–Kier alpha value is -3.52. The van der Waals surface area contributed by atoms with Crippen LogP contribution in [-0.2, 0) is 38.5 Å². The zero-order chi connectivity index (χ0) is 28.9. The van der Waals surface area contributed by atoms with E-state index >= 15 is 0 Å². The highest BCUT2D eigenvalue weighted by atomic mass is 14.5. The fourth-order valence-corrected chi connectivity index (χ4v) is 5.97. The molecule has 41 heavy (non-hydrogen) atoms. The fraction of sp³-hybridized carbons (Fsp3) is 0.385. The zero-order valence-corrected chi connectivity index (χ0v) is 25.4. The Morgan fingerprint density at radius 3 is 1.15 bits per heavy atom. The highest BCUT2D eigenvalue weighted by molar-refractivity contribution is 5.43. The summed E-state index contributed by atoms with van der Waals surface area (Å²) in [5.41, 5.74) is 25.0. The highest BCUT2D eigenvalue weighted by Gasteiger charge is 2.07. The minimum absolute atomic E-state index is 0.831. The molecule has 0 unspecified atom stereocenters. The second-order valence-corrected chi connectivity index (χ2v) is 11.8. The molecular weight excluding hydrogens is 496 g/mol. The first-order valence-corrected chi connectivity index (χ1v) is 15.9. The number of hydrogen-bond acceptors (Lipinski definition) is 2. The first kappa shape index (κ1) is 30.4. The maximum absolute atomic E-state index is 5.86. The molecule has 0 aromatic heterocycles. The van der Waals surface area contributed by atoms with Crippen LogP contribution in [0.5, 0.6) is 0 Å². The van der Waals surface area contributed by atoms with Crippen molar-refractivity contribution in [3.8, 4) is 0 Å². The van der Waals surface area contributed by atoms with Gasteiger partial charge < -0.3 is 11.5 Å². The van der Waals surface area contributed by atoms with Crippen LogP contribution >= 0.6 is 0 Å². The van der Waals surface area contributed by atoms with Crippen molar-refractivity contribution >= 4 is 11.4 Å². The largest absolute Gasteiger partial charge is 0.399 e. The second-order valence-electron chi connectivity index (χ2n) is 11.8. The molecule has 0 atom stereocenters. The van der Waals surface area contributed by atoms with Gasteiger partial charge in [-0.05, 0) is 120 Å². The van der Waals surface area contributed by atoms with Gasteiger partial charge in [-0.2, -0.15) is 0 Å². The molecule has 4 N–H and O–H groups in total. The predicted molar refractivity (Wildman–Crippen MR) is 179 cm³/mol. The minimum Gasteiger partial charge on any atom is -0.399 e.